The number of likely N-dealkylation sites (tertiary alicyclic amines) is 1. The molecule has 164 valence electrons. The van der Waals surface area contributed by atoms with Crippen molar-refractivity contribution in [2.75, 3.05) is 41.5 Å². The van der Waals surface area contributed by atoms with Gasteiger partial charge in [0.05, 0.1) is 34.4 Å². The lowest BCUT2D eigenvalue weighted by Gasteiger charge is -2.18. The summed E-state index contributed by atoms with van der Waals surface area (Å²) in [5.41, 5.74) is 1.97. The van der Waals surface area contributed by atoms with Crippen molar-refractivity contribution in [1.82, 2.24) is 15.0 Å². The maximum atomic E-state index is 5.59. The van der Waals surface area contributed by atoms with Crippen LogP contribution >= 0.6 is 0 Å². The zero-order valence-corrected chi connectivity index (χ0v) is 18.3. The van der Waals surface area contributed by atoms with Crippen molar-refractivity contribution in [3.63, 3.8) is 0 Å². The average Bonchev–Trinajstić information content (AvgIpc) is 3.48. The third-order valence-corrected chi connectivity index (χ3v) is 5.52. The summed E-state index contributed by atoms with van der Waals surface area (Å²) >= 11 is 0. The molecule has 0 bridgehead atoms. The van der Waals surface area contributed by atoms with Gasteiger partial charge in [-0.3, -0.25) is 4.90 Å². The molecular weight excluding hydrogens is 398 g/mol. The van der Waals surface area contributed by atoms with Crippen molar-refractivity contribution in [2.45, 2.75) is 18.9 Å². The molecule has 8 heteroatoms. The second-order valence-corrected chi connectivity index (χ2v) is 7.44. The highest BCUT2D eigenvalue weighted by Crippen LogP contribution is 2.39. The Hall–Kier alpha value is -3.26. The molecule has 1 aromatic heterocycles. The van der Waals surface area contributed by atoms with Gasteiger partial charge in [-0.2, -0.15) is 4.98 Å². The van der Waals surface area contributed by atoms with Crippen LogP contribution in [-0.4, -0.2) is 56.6 Å². The van der Waals surface area contributed by atoms with Gasteiger partial charge >= 0.3 is 0 Å². The summed E-state index contributed by atoms with van der Waals surface area (Å²) in [4.78, 5) is 7.00. The molecule has 0 spiro atoms. The van der Waals surface area contributed by atoms with Gasteiger partial charge in [-0.05, 0) is 42.8 Å². The van der Waals surface area contributed by atoms with E-state index in [0.29, 0.717) is 29.0 Å². The predicted molar refractivity (Wildman–Crippen MR) is 115 cm³/mol. The van der Waals surface area contributed by atoms with Gasteiger partial charge in [-0.15, -0.1) is 0 Å². The van der Waals surface area contributed by atoms with E-state index in [1.807, 2.05) is 36.4 Å². The third-order valence-electron chi connectivity index (χ3n) is 5.52. The highest BCUT2D eigenvalue weighted by molar-refractivity contribution is 5.57. The summed E-state index contributed by atoms with van der Waals surface area (Å²) in [6, 6.07) is 11.6. The number of aromatic nitrogens is 2. The molecule has 3 aromatic rings. The van der Waals surface area contributed by atoms with Gasteiger partial charge in [0.15, 0.2) is 11.5 Å². The van der Waals surface area contributed by atoms with Crippen LogP contribution in [0.4, 0.5) is 0 Å². The van der Waals surface area contributed by atoms with Crippen LogP contribution in [0.3, 0.4) is 0 Å². The second-order valence-electron chi connectivity index (χ2n) is 7.44. The molecule has 31 heavy (non-hydrogen) atoms. The van der Waals surface area contributed by atoms with Gasteiger partial charge < -0.3 is 23.5 Å². The molecular formula is C23H27N3O5. The Morgan fingerprint density at radius 3 is 2.45 bits per heavy atom. The molecule has 0 N–H and O–H groups in total. The second kappa shape index (κ2) is 9.26. The van der Waals surface area contributed by atoms with Gasteiger partial charge in [0.1, 0.15) is 5.75 Å². The predicted octanol–water partition coefficient (Wildman–Crippen LogP) is 3.76. The van der Waals surface area contributed by atoms with E-state index in [9.17, 15) is 0 Å². The quantitative estimate of drug-likeness (QED) is 0.540. The van der Waals surface area contributed by atoms with Crippen molar-refractivity contribution in [1.29, 1.82) is 0 Å². The summed E-state index contributed by atoms with van der Waals surface area (Å²) in [6.07, 6.45) is 0.962. The topological polar surface area (TPSA) is 79.1 Å². The summed E-state index contributed by atoms with van der Waals surface area (Å²) in [6.45, 7) is 2.55. The Kier molecular flexibility index (Phi) is 6.27. The van der Waals surface area contributed by atoms with Crippen LogP contribution in [0.15, 0.2) is 40.9 Å². The summed E-state index contributed by atoms with van der Waals surface area (Å²) in [5, 5.41) is 4.17. The van der Waals surface area contributed by atoms with Crippen molar-refractivity contribution in [3.05, 3.63) is 47.9 Å². The van der Waals surface area contributed by atoms with Crippen LogP contribution in [0.5, 0.6) is 23.0 Å². The Morgan fingerprint density at radius 1 is 1.00 bits per heavy atom. The van der Waals surface area contributed by atoms with Crippen molar-refractivity contribution < 1.29 is 23.5 Å². The van der Waals surface area contributed by atoms with Crippen LogP contribution in [-0.2, 0) is 6.54 Å². The first-order valence-electron chi connectivity index (χ1n) is 10.1. The first kappa shape index (κ1) is 21.0. The minimum absolute atomic E-state index is 0.203. The molecule has 2 aromatic carbocycles. The van der Waals surface area contributed by atoms with Crippen LogP contribution < -0.4 is 18.9 Å². The molecule has 1 aliphatic rings. The van der Waals surface area contributed by atoms with E-state index in [0.717, 1.165) is 42.9 Å². The molecule has 4 rings (SSSR count). The molecule has 0 aliphatic carbocycles. The van der Waals surface area contributed by atoms with Crippen LogP contribution in [0, 0.1) is 0 Å². The molecule has 0 radical (unpaired) electrons. The van der Waals surface area contributed by atoms with E-state index in [-0.39, 0.29) is 5.92 Å². The Labute approximate surface area is 181 Å². The Morgan fingerprint density at radius 2 is 1.77 bits per heavy atom. The highest BCUT2D eigenvalue weighted by atomic mass is 16.5. The molecule has 0 unspecified atom stereocenters. The van der Waals surface area contributed by atoms with Crippen LogP contribution in [0.1, 0.15) is 23.8 Å². The number of nitrogens with zero attached hydrogens (tertiary/aromatic N) is 3. The molecule has 1 aliphatic heterocycles. The van der Waals surface area contributed by atoms with Crippen molar-refractivity contribution >= 4 is 0 Å². The molecule has 1 saturated heterocycles. The summed E-state index contributed by atoms with van der Waals surface area (Å²) in [7, 11) is 6.50. The lowest BCUT2D eigenvalue weighted by atomic mass is 10.1. The molecule has 0 saturated carbocycles. The van der Waals surface area contributed by atoms with E-state index in [1.54, 1.807) is 28.4 Å². The van der Waals surface area contributed by atoms with E-state index in [1.165, 1.54) is 0 Å². The zero-order chi connectivity index (χ0) is 21.8. The lowest BCUT2D eigenvalue weighted by molar-refractivity contribution is 0.303. The molecule has 1 atom stereocenters. The summed E-state index contributed by atoms with van der Waals surface area (Å²) in [5.74, 6) is 4.14. The molecule has 2 heterocycles. The molecule has 0 amide bonds. The molecule has 8 nitrogen and oxygen atoms in total. The normalized spacial score (nSPS) is 16.3. The first-order valence-corrected chi connectivity index (χ1v) is 10.1. The number of hydrogen-bond donors (Lipinski definition) is 0. The van der Waals surface area contributed by atoms with Crippen LogP contribution in [0.2, 0.25) is 0 Å². The third kappa shape index (κ3) is 4.44. The van der Waals surface area contributed by atoms with Gasteiger partial charge in [-0.1, -0.05) is 17.3 Å². The van der Waals surface area contributed by atoms with Crippen LogP contribution in [0.25, 0.3) is 11.4 Å². The van der Waals surface area contributed by atoms with E-state index in [2.05, 4.69) is 15.0 Å². The first-order chi connectivity index (χ1) is 15.1. The van der Waals surface area contributed by atoms with Gasteiger partial charge in [-0.25, -0.2) is 0 Å². The number of methoxy groups -OCH3 is 4. The monoisotopic (exact) mass is 425 g/mol. The van der Waals surface area contributed by atoms with Gasteiger partial charge in [0.25, 0.3) is 0 Å². The maximum absolute atomic E-state index is 5.59. The minimum atomic E-state index is 0.203. The SMILES string of the molecule is COc1cccc(-c2noc([C@H]3CCN(Cc4cc(OC)c(OC)c(OC)c4)C3)n2)c1. The number of hydrogen-bond acceptors (Lipinski definition) is 8. The van der Waals surface area contributed by atoms with Crippen molar-refractivity contribution in [2.24, 2.45) is 0 Å². The number of rotatable bonds is 8. The van der Waals surface area contributed by atoms with Crippen molar-refractivity contribution in [3.8, 4) is 34.4 Å². The lowest BCUT2D eigenvalue weighted by Crippen LogP contribution is -2.20. The van der Waals surface area contributed by atoms with Gasteiger partial charge in [0, 0.05) is 18.7 Å². The maximum Gasteiger partial charge on any atom is 0.231 e. The van der Waals surface area contributed by atoms with Gasteiger partial charge in [0.2, 0.25) is 17.5 Å². The van der Waals surface area contributed by atoms with E-state index >= 15 is 0 Å². The summed E-state index contributed by atoms with van der Waals surface area (Å²) < 4.78 is 27.2. The Bertz CT molecular complexity index is 1010. The van der Waals surface area contributed by atoms with E-state index < -0.39 is 0 Å². The largest absolute Gasteiger partial charge is 0.497 e. The zero-order valence-electron chi connectivity index (χ0n) is 18.3. The fourth-order valence-electron chi connectivity index (χ4n) is 3.94. The fraction of sp³-hybridized carbons (Fsp3) is 0.391. The highest BCUT2D eigenvalue weighted by Gasteiger charge is 2.29. The Balaban J connectivity index is 1.45. The standard InChI is InChI=1S/C23H27N3O5/c1-27-18-7-5-6-16(12-18)22-24-23(31-25-22)17-8-9-26(14-17)13-15-10-19(28-2)21(30-4)20(11-15)29-3/h5-7,10-12,17H,8-9,13-14H2,1-4H3/t17-/m0/s1. The fourth-order valence-corrected chi connectivity index (χ4v) is 3.94. The average molecular weight is 425 g/mol. The minimum Gasteiger partial charge on any atom is -0.497 e. The van der Waals surface area contributed by atoms with E-state index in [4.69, 9.17) is 23.5 Å². The smallest absolute Gasteiger partial charge is 0.231 e. The molecule has 1 fully saturated rings. The number of benzene rings is 2. The number of ether oxygens (including phenoxy) is 4.